The van der Waals surface area contributed by atoms with Crippen LogP contribution in [0.5, 0.6) is 0 Å². The molecule has 0 N–H and O–H groups in total. The molecule has 4 heteroatoms. The first kappa shape index (κ1) is 16.1. The van der Waals surface area contributed by atoms with Gasteiger partial charge in [0.1, 0.15) is 18.3 Å². The Balaban J connectivity index is 2.70. The molecule has 0 spiro atoms. The Morgan fingerprint density at radius 3 is 2.05 bits per heavy atom. The Bertz CT molecular complexity index is 290. The lowest BCUT2D eigenvalue weighted by molar-refractivity contribution is -0.218. The van der Waals surface area contributed by atoms with Crippen molar-refractivity contribution in [3.8, 4) is 0 Å². The molecule has 4 unspecified atom stereocenters. The van der Waals surface area contributed by atoms with Gasteiger partial charge in [-0.2, -0.15) is 0 Å². The predicted octanol–water partition coefficient (Wildman–Crippen LogP) is 2.12. The van der Waals surface area contributed by atoms with Crippen LogP contribution >= 0.6 is 0 Å². The van der Waals surface area contributed by atoms with Crippen LogP contribution in [0.4, 0.5) is 0 Å². The van der Waals surface area contributed by atoms with Gasteiger partial charge in [-0.1, -0.05) is 18.2 Å². The number of ether oxygens (including phenoxy) is 4. The summed E-state index contributed by atoms with van der Waals surface area (Å²) in [5.41, 5.74) is 0. The Hall–Kier alpha value is -0.940. The smallest absolute Gasteiger partial charge is 0.115 e. The molecule has 1 heterocycles. The molecule has 108 valence electrons. The third kappa shape index (κ3) is 4.91. The lowest BCUT2D eigenvalue weighted by Crippen LogP contribution is -2.55. The molecule has 0 aromatic rings. The highest BCUT2D eigenvalue weighted by atomic mass is 16.6. The SMILES string of the molecule is C=CCOC1COC(C)C(OCC=C)C1OCC=C. The predicted molar refractivity (Wildman–Crippen MR) is 75.2 cm³/mol. The van der Waals surface area contributed by atoms with E-state index in [1.165, 1.54) is 0 Å². The summed E-state index contributed by atoms with van der Waals surface area (Å²) in [6.45, 7) is 14.8. The van der Waals surface area contributed by atoms with Crippen LogP contribution in [0, 0.1) is 0 Å². The average molecular weight is 268 g/mol. The van der Waals surface area contributed by atoms with Crippen molar-refractivity contribution in [3.63, 3.8) is 0 Å². The maximum atomic E-state index is 5.81. The van der Waals surface area contributed by atoms with Crippen LogP contribution in [0.25, 0.3) is 0 Å². The molecule has 19 heavy (non-hydrogen) atoms. The number of hydrogen-bond acceptors (Lipinski definition) is 4. The first-order valence-electron chi connectivity index (χ1n) is 6.53. The highest BCUT2D eigenvalue weighted by Crippen LogP contribution is 2.23. The van der Waals surface area contributed by atoms with Gasteiger partial charge >= 0.3 is 0 Å². The molecular weight excluding hydrogens is 244 g/mol. The molecule has 0 saturated carbocycles. The van der Waals surface area contributed by atoms with E-state index in [1.807, 2.05) is 6.92 Å². The Labute approximate surface area is 115 Å². The van der Waals surface area contributed by atoms with Crippen molar-refractivity contribution in [1.29, 1.82) is 0 Å². The largest absolute Gasteiger partial charge is 0.373 e. The Morgan fingerprint density at radius 1 is 0.947 bits per heavy atom. The second-order valence-corrected chi connectivity index (χ2v) is 4.37. The fraction of sp³-hybridized carbons (Fsp3) is 0.600. The van der Waals surface area contributed by atoms with Crippen LogP contribution in [0.2, 0.25) is 0 Å². The van der Waals surface area contributed by atoms with E-state index in [9.17, 15) is 0 Å². The normalized spacial score (nSPS) is 30.8. The zero-order valence-electron chi connectivity index (χ0n) is 11.6. The fourth-order valence-electron chi connectivity index (χ4n) is 2.04. The van der Waals surface area contributed by atoms with Crippen molar-refractivity contribution in [3.05, 3.63) is 38.0 Å². The summed E-state index contributed by atoms with van der Waals surface area (Å²) in [4.78, 5) is 0. The summed E-state index contributed by atoms with van der Waals surface area (Å²) in [6, 6.07) is 0. The minimum Gasteiger partial charge on any atom is -0.373 e. The van der Waals surface area contributed by atoms with Crippen LogP contribution in [0.15, 0.2) is 38.0 Å². The second-order valence-electron chi connectivity index (χ2n) is 4.37. The van der Waals surface area contributed by atoms with Crippen molar-refractivity contribution in [2.45, 2.75) is 31.3 Å². The third-order valence-corrected chi connectivity index (χ3v) is 2.92. The monoisotopic (exact) mass is 268 g/mol. The van der Waals surface area contributed by atoms with E-state index in [4.69, 9.17) is 18.9 Å². The Kier molecular flexibility index (Phi) is 7.67. The summed E-state index contributed by atoms with van der Waals surface area (Å²) >= 11 is 0. The van der Waals surface area contributed by atoms with Crippen molar-refractivity contribution < 1.29 is 18.9 Å². The van der Waals surface area contributed by atoms with Gasteiger partial charge < -0.3 is 18.9 Å². The van der Waals surface area contributed by atoms with Crippen LogP contribution in [0.1, 0.15) is 6.92 Å². The standard InChI is InChI=1S/C15H24O4/c1-5-8-16-13-11-19-12(4)14(17-9-6-2)15(13)18-10-7-3/h5-7,12-15H,1-3,8-11H2,4H3. The van der Waals surface area contributed by atoms with Crippen LogP contribution in [-0.2, 0) is 18.9 Å². The van der Waals surface area contributed by atoms with Gasteiger partial charge in [-0.25, -0.2) is 0 Å². The molecule has 0 bridgehead atoms. The van der Waals surface area contributed by atoms with E-state index < -0.39 is 0 Å². The molecule has 0 amide bonds. The molecule has 1 rings (SSSR count). The zero-order valence-corrected chi connectivity index (χ0v) is 11.6. The van der Waals surface area contributed by atoms with Crippen molar-refractivity contribution >= 4 is 0 Å². The van der Waals surface area contributed by atoms with Gasteiger partial charge in [0, 0.05) is 0 Å². The highest BCUT2D eigenvalue weighted by Gasteiger charge is 2.40. The summed E-state index contributed by atoms with van der Waals surface area (Å²) in [5.74, 6) is 0. The summed E-state index contributed by atoms with van der Waals surface area (Å²) < 4.78 is 22.9. The van der Waals surface area contributed by atoms with Crippen LogP contribution in [-0.4, -0.2) is 50.8 Å². The lowest BCUT2D eigenvalue weighted by Gasteiger charge is -2.40. The molecule has 4 nitrogen and oxygen atoms in total. The first-order valence-corrected chi connectivity index (χ1v) is 6.53. The van der Waals surface area contributed by atoms with Gasteiger partial charge in [0.2, 0.25) is 0 Å². The Morgan fingerprint density at radius 2 is 1.47 bits per heavy atom. The summed E-state index contributed by atoms with van der Waals surface area (Å²) in [6.07, 6.45) is 4.58. The highest BCUT2D eigenvalue weighted by molar-refractivity contribution is 4.90. The minimum atomic E-state index is -0.179. The average Bonchev–Trinajstić information content (AvgIpc) is 2.42. The van der Waals surface area contributed by atoms with E-state index in [1.54, 1.807) is 18.2 Å². The van der Waals surface area contributed by atoms with Gasteiger partial charge in [0.05, 0.1) is 32.5 Å². The van der Waals surface area contributed by atoms with Crippen molar-refractivity contribution in [1.82, 2.24) is 0 Å². The number of rotatable bonds is 9. The van der Waals surface area contributed by atoms with E-state index in [2.05, 4.69) is 19.7 Å². The molecule has 4 atom stereocenters. The van der Waals surface area contributed by atoms with Crippen LogP contribution in [0.3, 0.4) is 0 Å². The van der Waals surface area contributed by atoms with E-state index in [0.717, 1.165) is 0 Å². The first-order chi connectivity index (χ1) is 9.24. The van der Waals surface area contributed by atoms with E-state index >= 15 is 0 Å². The van der Waals surface area contributed by atoms with E-state index in [0.29, 0.717) is 26.4 Å². The van der Waals surface area contributed by atoms with Gasteiger partial charge in [-0.05, 0) is 6.92 Å². The summed E-state index contributed by atoms with van der Waals surface area (Å²) in [7, 11) is 0. The molecule has 0 radical (unpaired) electrons. The molecule has 1 aliphatic rings. The molecular formula is C15H24O4. The molecule has 1 aliphatic heterocycles. The van der Waals surface area contributed by atoms with Crippen molar-refractivity contribution in [2.24, 2.45) is 0 Å². The maximum absolute atomic E-state index is 5.81. The minimum absolute atomic E-state index is 0.0432. The molecule has 0 aromatic carbocycles. The number of hydrogen-bond donors (Lipinski definition) is 0. The fourth-order valence-corrected chi connectivity index (χ4v) is 2.04. The maximum Gasteiger partial charge on any atom is 0.115 e. The molecule has 0 aromatic heterocycles. The molecule has 1 fully saturated rings. The molecule has 0 aliphatic carbocycles. The summed E-state index contributed by atoms with van der Waals surface area (Å²) in [5, 5.41) is 0. The van der Waals surface area contributed by atoms with Gasteiger partial charge in [-0.15, -0.1) is 19.7 Å². The van der Waals surface area contributed by atoms with Crippen molar-refractivity contribution in [2.75, 3.05) is 26.4 Å². The quantitative estimate of drug-likeness (QED) is 0.600. The molecule has 1 saturated heterocycles. The topological polar surface area (TPSA) is 36.9 Å². The zero-order chi connectivity index (χ0) is 14.1. The van der Waals surface area contributed by atoms with Gasteiger partial charge in [-0.3, -0.25) is 0 Å². The lowest BCUT2D eigenvalue weighted by atomic mass is 10.0. The second kappa shape index (κ2) is 9.04. The van der Waals surface area contributed by atoms with Gasteiger partial charge in [0.15, 0.2) is 0 Å². The van der Waals surface area contributed by atoms with Gasteiger partial charge in [0.25, 0.3) is 0 Å². The third-order valence-electron chi connectivity index (χ3n) is 2.92. The van der Waals surface area contributed by atoms with E-state index in [-0.39, 0.29) is 24.4 Å². The van der Waals surface area contributed by atoms with Crippen LogP contribution < -0.4 is 0 Å².